The Morgan fingerprint density at radius 2 is 1.93 bits per heavy atom. The minimum Gasteiger partial charge on any atom is -0.330 e. The van der Waals surface area contributed by atoms with E-state index < -0.39 is 0 Å². The van der Waals surface area contributed by atoms with Gasteiger partial charge >= 0.3 is 0 Å². The Kier molecular flexibility index (Phi) is 4.39. The summed E-state index contributed by atoms with van der Waals surface area (Å²) >= 11 is 0. The van der Waals surface area contributed by atoms with E-state index in [9.17, 15) is 0 Å². The highest BCUT2D eigenvalue weighted by atomic mass is 14.9. The van der Waals surface area contributed by atoms with Gasteiger partial charge < -0.3 is 11.1 Å². The lowest BCUT2D eigenvalue weighted by Crippen LogP contribution is -2.40. The summed E-state index contributed by atoms with van der Waals surface area (Å²) in [5.74, 6) is 0.762. The molecule has 0 saturated heterocycles. The normalized spacial score (nSPS) is 33.6. The number of nitrogens with one attached hydrogen (secondary N) is 1. The molecule has 0 heterocycles. The van der Waals surface area contributed by atoms with Crippen molar-refractivity contribution in [3.63, 3.8) is 0 Å². The summed E-state index contributed by atoms with van der Waals surface area (Å²) in [5.41, 5.74) is 6.21. The summed E-state index contributed by atoms with van der Waals surface area (Å²) in [6, 6.07) is 0.747. The van der Waals surface area contributed by atoms with Crippen molar-refractivity contribution in [3.05, 3.63) is 0 Å². The highest BCUT2D eigenvalue weighted by molar-refractivity contribution is 4.85. The van der Waals surface area contributed by atoms with Gasteiger partial charge in [-0.25, -0.2) is 0 Å². The largest absolute Gasteiger partial charge is 0.330 e. The Bertz CT molecular complexity index is 158. The molecule has 3 N–H and O–H groups in total. The van der Waals surface area contributed by atoms with Crippen molar-refractivity contribution in [1.29, 1.82) is 0 Å². The van der Waals surface area contributed by atoms with E-state index in [4.69, 9.17) is 5.73 Å². The Hall–Kier alpha value is -0.0800. The van der Waals surface area contributed by atoms with Crippen LogP contribution in [0.3, 0.4) is 0 Å². The van der Waals surface area contributed by atoms with E-state index in [0.29, 0.717) is 5.41 Å². The van der Waals surface area contributed by atoms with Crippen LogP contribution in [0.4, 0.5) is 0 Å². The molecule has 0 unspecified atom stereocenters. The molecule has 0 bridgehead atoms. The highest BCUT2D eigenvalue weighted by Gasteiger charge is 2.29. The van der Waals surface area contributed by atoms with Crippen molar-refractivity contribution in [2.75, 3.05) is 13.1 Å². The molecule has 0 aliphatic heterocycles. The third kappa shape index (κ3) is 3.58. The van der Waals surface area contributed by atoms with Crippen molar-refractivity contribution in [2.45, 2.75) is 52.5 Å². The van der Waals surface area contributed by atoms with Crippen molar-refractivity contribution >= 4 is 0 Å². The van der Waals surface area contributed by atoms with Gasteiger partial charge in [-0.3, -0.25) is 0 Å². The third-order valence-electron chi connectivity index (χ3n) is 3.50. The fourth-order valence-electron chi connectivity index (χ4n) is 2.13. The molecule has 1 fully saturated rings. The fourth-order valence-corrected chi connectivity index (χ4v) is 2.13. The van der Waals surface area contributed by atoms with Gasteiger partial charge in [0.15, 0.2) is 0 Å². The van der Waals surface area contributed by atoms with E-state index in [2.05, 4.69) is 26.1 Å². The van der Waals surface area contributed by atoms with Crippen LogP contribution in [0.1, 0.15) is 46.5 Å². The minimum absolute atomic E-state index is 0.427. The minimum atomic E-state index is 0.427. The van der Waals surface area contributed by atoms with Crippen LogP contribution in [0.15, 0.2) is 0 Å². The van der Waals surface area contributed by atoms with Gasteiger partial charge in [0.05, 0.1) is 0 Å². The van der Waals surface area contributed by atoms with Gasteiger partial charge in [-0.05, 0) is 50.1 Å². The Balaban J connectivity index is 2.22. The summed E-state index contributed by atoms with van der Waals surface area (Å²) < 4.78 is 0. The SMILES string of the molecule is CC(C)CNC1CCC(C)(CN)CC1. The number of rotatable bonds is 4. The van der Waals surface area contributed by atoms with Crippen molar-refractivity contribution in [2.24, 2.45) is 17.1 Å². The van der Waals surface area contributed by atoms with E-state index in [-0.39, 0.29) is 0 Å². The predicted octanol–water partition coefficient (Wildman–Crippen LogP) is 2.14. The quantitative estimate of drug-likeness (QED) is 0.726. The zero-order valence-corrected chi connectivity index (χ0v) is 9.97. The van der Waals surface area contributed by atoms with Crippen LogP contribution in [0.2, 0.25) is 0 Å². The predicted molar refractivity (Wildman–Crippen MR) is 62.3 cm³/mol. The maximum absolute atomic E-state index is 5.78. The Labute approximate surface area is 88.6 Å². The summed E-state index contributed by atoms with van der Waals surface area (Å²) in [4.78, 5) is 0. The first-order valence-electron chi connectivity index (χ1n) is 5.99. The van der Waals surface area contributed by atoms with E-state index >= 15 is 0 Å². The third-order valence-corrected chi connectivity index (χ3v) is 3.50. The molecule has 14 heavy (non-hydrogen) atoms. The monoisotopic (exact) mass is 198 g/mol. The van der Waals surface area contributed by atoms with Crippen LogP contribution in [0.25, 0.3) is 0 Å². The van der Waals surface area contributed by atoms with E-state index in [1.54, 1.807) is 0 Å². The molecule has 1 aliphatic rings. The molecule has 0 radical (unpaired) electrons. The molecule has 1 aliphatic carbocycles. The van der Waals surface area contributed by atoms with Crippen LogP contribution in [0, 0.1) is 11.3 Å². The second-order valence-corrected chi connectivity index (χ2v) is 5.59. The van der Waals surface area contributed by atoms with E-state index in [1.165, 1.54) is 25.7 Å². The number of hydrogen-bond acceptors (Lipinski definition) is 2. The molecule has 0 aromatic carbocycles. The Morgan fingerprint density at radius 3 is 2.36 bits per heavy atom. The first-order chi connectivity index (χ1) is 6.56. The molecule has 1 saturated carbocycles. The lowest BCUT2D eigenvalue weighted by Gasteiger charge is -2.37. The second-order valence-electron chi connectivity index (χ2n) is 5.59. The molecule has 0 spiro atoms. The maximum Gasteiger partial charge on any atom is 0.00675 e. The standard InChI is InChI=1S/C12H26N2/c1-10(2)8-14-11-4-6-12(3,9-13)7-5-11/h10-11,14H,4-9,13H2,1-3H3. The molecule has 2 nitrogen and oxygen atoms in total. The van der Waals surface area contributed by atoms with Gasteiger partial charge in [0.1, 0.15) is 0 Å². The average Bonchev–Trinajstić information content (AvgIpc) is 2.17. The first kappa shape index (κ1) is 12.0. The molecule has 0 aromatic rings. The van der Waals surface area contributed by atoms with Gasteiger partial charge in [-0.15, -0.1) is 0 Å². The van der Waals surface area contributed by atoms with Crippen LogP contribution in [0.5, 0.6) is 0 Å². The van der Waals surface area contributed by atoms with Gasteiger partial charge in [-0.2, -0.15) is 0 Å². The summed E-state index contributed by atoms with van der Waals surface area (Å²) in [5, 5.41) is 3.64. The van der Waals surface area contributed by atoms with Gasteiger partial charge in [0.2, 0.25) is 0 Å². The molecule has 0 aromatic heterocycles. The summed E-state index contributed by atoms with van der Waals surface area (Å²) in [6.07, 6.45) is 5.19. The molecular formula is C12H26N2. The van der Waals surface area contributed by atoms with Gasteiger partial charge in [-0.1, -0.05) is 20.8 Å². The number of hydrogen-bond donors (Lipinski definition) is 2. The topological polar surface area (TPSA) is 38.0 Å². The summed E-state index contributed by atoms with van der Waals surface area (Å²) in [7, 11) is 0. The smallest absolute Gasteiger partial charge is 0.00675 e. The summed E-state index contributed by atoms with van der Waals surface area (Å²) in [6.45, 7) is 8.86. The van der Waals surface area contributed by atoms with Crippen LogP contribution < -0.4 is 11.1 Å². The molecular weight excluding hydrogens is 172 g/mol. The molecule has 2 heteroatoms. The fraction of sp³-hybridized carbons (Fsp3) is 1.00. The zero-order valence-electron chi connectivity index (χ0n) is 9.97. The van der Waals surface area contributed by atoms with Crippen LogP contribution >= 0.6 is 0 Å². The first-order valence-corrected chi connectivity index (χ1v) is 5.99. The second kappa shape index (κ2) is 5.13. The van der Waals surface area contributed by atoms with Crippen LogP contribution in [-0.2, 0) is 0 Å². The van der Waals surface area contributed by atoms with Gasteiger partial charge in [0.25, 0.3) is 0 Å². The lowest BCUT2D eigenvalue weighted by molar-refractivity contribution is 0.190. The van der Waals surface area contributed by atoms with E-state index in [1.807, 2.05) is 0 Å². The van der Waals surface area contributed by atoms with Crippen molar-refractivity contribution < 1.29 is 0 Å². The Morgan fingerprint density at radius 1 is 1.36 bits per heavy atom. The molecule has 1 rings (SSSR count). The van der Waals surface area contributed by atoms with E-state index in [0.717, 1.165) is 25.0 Å². The van der Waals surface area contributed by atoms with Crippen molar-refractivity contribution in [1.82, 2.24) is 5.32 Å². The van der Waals surface area contributed by atoms with Crippen LogP contribution in [-0.4, -0.2) is 19.1 Å². The molecule has 0 amide bonds. The highest BCUT2D eigenvalue weighted by Crippen LogP contribution is 2.34. The molecule has 84 valence electrons. The lowest BCUT2D eigenvalue weighted by atomic mass is 9.74. The maximum atomic E-state index is 5.78. The average molecular weight is 198 g/mol. The molecule has 0 atom stereocenters. The zero-order chi connectivity index (χ0) is 10.6. The van der Waals surface area contributed by atoms with Crippen molar-refractivity contribution in [3.8, 4) is 0 Å². The van der Waals surface area contributed by atoms with Gasteiger partial charge in [0, 0.05) is 6.04 Å². The number of nitrogens with two attached hydrogens (primary N) is 1.